The van der Waals surface area contributed by atoms with E-state index in [-0.39, 0.29) is 24.0 Å². The number of aryl methyl sites for hydroxylation is 1. The van der Waals surface area contributed by atoms with Crippen LogP contribution in [0.25, 0.3) is 0 Å². The van der Waals surface area contributed by atoms with E-state index < -0.39 is 4.92 Å². The average Bonchev–Trinajstić information content (AvgIpc) is 2.26. The Labute approximate surface area is 92.0 Å². The van der Waals surface area contributed by atoms with E-state index in [1.807, 2.05) is 0 Å². The highest BCUT2D eigenvalue weighted by Gasteiger charge is 2.15. The van der Waals surface area contributed by atoms with Gasteiger partial charge in [0.2, 0.25) is 11.7 Å². The Morgan fingerprint density at radius 1 is 1.62 bits per heavy atom. The molecule has 86 valence electrons. The van der Waals surface area contributed by atoms with Gasteiger partial charge in [0, 0.05) is 19.3 Å². The predicted octanol–water partition coefficient (Wildman–Crippen LogP) is 0.456. The number of nitro groups is 1. The summed E-state index contributed by atoms with van der Waals surface area (Å²) in [5.74, 6) is -0.170. The Balaban J connectivity index is 2.87. The Morgan fingerprint density at radius 2 is 2.31 bits per heavy atom. The fourth-order valence-electron chi connectivity index (χ4n) is 1.08. The molecule has 0 aliphatic carbocycles. The smallest absolute Gasteiger partial charge is 0.311 e. The molecular formula is C9H12N4O3. The van der Waals surface area contributed by atoms with E-state index in [1.54, 1.807) is 6.92 Å². The van der Waals surface area contributed by atoms with Crippen LogP contribution in [0.2, 0.25) is 0 Å². The topological polar surface area (TPSA) is 97.2 Å². The van der Waals surface area contributed by atoms with Crippen molar-refractivity contribution in [1.82, 2.24) is 10.3 Å². The molecule has 7 heteroatoms. The molecular weight excluding hydrogens is 212 g/mol. The van der Waals surface area contributed by atoms with Gasteiger partial charge in [-0.15, -0.1) is 0 Å². The molecule has 0 atom stereocenters. The first-order valence-corrected chi connectivity index (χ1v) is 4.60. The molecule has 1 aromatic heterocycles. The number of amides is 1. The van der Waals surface area contributed by atoms with E-state index in [0.717, 1.165) is 0 Å². The van der Waals surface area contributed by atoms with Crippen molar-refractivity contribution in [1.29, 1.82) is 0 Å². The molecule has 7 nitrogen and oxygen atoms in total. The third kappa shape index (κ3) is 2.91. The van der Waals surface area contributed by atoms with Gasteiger partial charge in [-0.3, -0.25) is 14.9 Å². The quantitative estimate of drug-likeness (QED) is 0.571. The zero-order valence-electron chi connectivity index (χ0n) is 8.98. The Morgan fingerprint density at radius 3 is 2.88 bits per heavy atom. The summed E-state index contributed by atoms with van der Waals surface area (Å²) in [6, 6.07) is 1.40. The number of hydrogen-bond acceptors (Lipinski definition) is 5. The predicted molar refractivity (Wildman–Crippen MR) is 58.2 cm³/mol. The first-order valence-electron chi connectivity index (χ1n) is 4.60. The van der Waals surface area contributed by atoms with Gasteiger partial charge in [-0.05, 0) is 12.5 Å². The first-order chi connectivity index (χ1) is 7.54. The van der Waals surface area contributed by atoms with Crippen LogP contribution in [0.15, 0.2) is 12.3 Å². The summed E-state index contributed by atoms with van der Waals surface area (Å²) in [4.78, 5) is 25.0. The standard InChI is InChI=1S/C9H12N4O3/c1-6-3-7(13(15)16)9(11-4-6)12-5-8(14)10-2/h3-4H,5H2,1-2H3,(H,10,14)(H,11,12). The molecule has 0 unspecified atom stereocenters. The number of pyridine rings is 1. The van der Waals surface area contributed by atoms with Crippen molar-refractivity contribution in [3.05, 3.63) is 27.9 Å². The molecule has 0 radical (unpaired) electrons. The second-order valence-electron chi connectivity index (χ2n) is 3.16. The van der Waals surface area contributed by atoms with Crippen molar-refractivity contribution in [2.24, 2.45) is 0 Å². The molecule has 0 saturated heterocycles. The van der Waals surface area contributed by atoms with E-state index in [1.165, 1.54) is 19.3 Å². The number of anilines is 1. The maximum absolute atomic E-state index is 11.0. The van der Waals surface area contributed by atoms with Crippen LogP contribution in [0.1, 0.15) is 5.56 Å². The number of nitrogens with zero attached hydrogens (tertiary/aromatic N) is 2. The number of rotatable bonds is 4. The van der Waals surface area contributed by atoms with Crippen LogP contribution in [0.4, 0.5) is 11.5 Å². The molecule has 0 saturated carbocycles. The molecule has 1 amide bonds. The Bertz CT molecular complexity index is 419. The first kappa shape index (κ1) is 11.9. The second kappa shape index (κ2) is 5.06. The molecule has 0 spiro atoms. The van der Waals surface area contributed by atoms with Gasteiger partial charge >= 0.3 is 5.69 Å². The van der Waals surface area contributed by atoms with E-state index in [9.17, 15) is 14.9 Å². The maximum atomic E-state index is 11.0. The van der Waals surface area contributed by atoms with Gasteiger partial charge in [-0.1, -0.05) is 0 Å². The van der Waals surface area contributed by atoms with Crippen LogP contribution in [0.5, 0.6) is 0 Å². The fraction of sp³-hybridized carbons (Fsp3) is 0.333. The minimum absolute atomic E-state index is 0.0482. The van der Waals surface area contributed by atoms with Crippen LogP contribution in [0.3, 0.4) is 0 Å². The molecule has 1 rings (SSSR count). The van der Waals surface area contributed by atoms with Crippen molar-refractivity contribution >= 4 is 17.4 Å². The lowest BCUT2D eigenvalue weighted by Gasteiger charge is -2.05. The van der Waals surface area contributed by atoms with Crippen molar-refractivity contribution in [3.8, 4) is 0 Å². The van der Waals surface area contributed by atoms with Crippen LogP contribution < -0.4 is 10.6 Å². The largest absolute Gasteiger partial charge is 0.358 e. The normalized spacial score (nSPS) is 9.62. The monoisotopic (exact) mass is 224 g/mol. The number of carbonyl (C=O) groups is 1. The number of hydrogen-bond donors (Lipinski definition) is 2. The number of aromatic nitrogens is 1. The van der Waals surface area contributed by atoms with E-state index in [4.69, 9.17) is 0 Å². The van der Waals surface area contributed by atoms with E-state index in [0.29, 0.717) is 5.56 Å². The van der Waals surface area contributed by atoms with Gasteiger partial charge in [0.05, 0.1) is 11.5 Å². The summed E-state index contributed by atoms with van der Waals surface area (Å²) in [5.41, 5.74) is 0.557. The van der Waals surface area contributed by atoms with Gasteiger partial charge in [0.1, 0.15) is 0 Å². The summed E-state index contributed by atoms with van der Waals surface area (Å²) < 4.78 is 0. The Kier molecular flexibility index (Phi) is 3.76. The van der Waals surface area contributed by atoms with Crippen LogP contribution >= 0.6 is 0 Å². The Hall–Kier alpha value is -2.18. The van der Waals surface area contributed by atoms with Gasteiger partial charge < -0.3 is 10.6 Å². The lowest BCUT2D eigenvalue weighted by atomic mass is 10.3. The third-order valence-corrected chi connectivity index (χ3v) is 1.90. The minimum Gasteiger partial charge on any atom is -0.358 e. The molecule has 0 aliphatic rings. The lowest BCUT2D eigenvalue weighted by molar-refractivity contribution is -0.384. The molecule has 16 heavy (non-hydrogen) atoms. The molecule has 1 heterocycles. The zero-order valence-corrected chi connectivity index (χ0v) is 8.98. The van der Waals surface area contributed by atoms with Gasteiger partial charge in [-0.2, -0.15) is 0 Å². The summed E-state index contributed by atoms with van der Waals surface area (Å²) in [5, 5.41) is 15.7. The molecule has 2 N–H and O–H groups in total. The van der Waals surface area contributed by atoms with Crippen LogP contribution in [0, 0.1) is 17.0 Å². The summed E-state index contributed by atoms with van der Waals surface area (Å²) in [6.45, 7) is 1.66. The SMILES string of the molecule is CNC(=O)CNc1ncc(C)cc1[N+](=O)[O-]. The highest BCUT2D eigenvalue weighted by atomic mass is 16.6. The van der Waals surface area contributed by atoms with Gasteiger partial charge in [0.25, 0.3) is 0 Å². The molecule has 0 bridgehead atoms. The highest BCUT2D eigenvalue weighted by Crippen LogP contribution is 2.21. The van der Waals surface area contributed by atoms with Crippen molar-refractivity contribution in [2.45, 2.75) is 6.92 Å². The zero-order chi connectivity index (χ0) is 12.1. The number of nitrogens with one attached hydrogen (secondary N) is 2. The highest BCUT2D eigenvalue weighted by molar-refractivity contribution is 5.80. The van der Waals surface area contributed by atoms with Crippen LogP contribution in [-0.2, 0) is 4.79 Å². The van der Waals surface area contributed by atoms with E-state index >= 15 is 0 Å². The molecule has 0 fully saturated rings. The summed E-state index contributed by atoms with van der Waals surface area (Å²) >= 11 is 0. The van der Waals surface area contributed by atoms with Crippen LogP contribution in [-0.4, -0.2) is 29.4 Å². The maximum Gasteiger partial charge on any atom is 0.311 e. The summed E-state index contributed by atoms with van der Waals surface area (Å²) in [7, 11) is 1.49. The van der Waals surface area contributed by atoms with Gasteiger partial charge in [0.15, 0.2) is 0 Å². The number of carbonyl (C=O) groups excluding carboxylic acids is 1. The van der Waals surface area contributed by atoms with E-state index in [2.05, 4.69) is 15.6 Å². The van der Waals surface area contributed by atoms with Crippen molar-refractivity contribution in [3.63, 3.8) is 0 Å². The van der Waals surface area contributed by atoms with Crippen molar-refractivity contribution < 1.29 is 9.72 Å². The third-order valence-electron chi connectivity index (χ3n) is 1.90. The minimum atomic E-state index is -0.536. The second-order valence-corrected chi connectivity index (χ2v) is 3.16. The molecule has 0 aliphatic heterocycles. The fourth-order valence-corrected chi connectivity index (χ4v) is 1.08. The lowest BCUT2D eigenvalue weighted by Crippen LogP contribution is -2.26. The van der Waals surface area contributed by atoms with Gasteiger partial charge in [-0.25, -0.2) is 4.98 Å². The average molecular weight is 224 g/mol. The molecule has 1 aromatic rings. The van der Waals surface area contributed by atoms with Crippen molar-refractivity contribution in [2.75, 3.05) is 18.9 Å². The summed E-state index contributed by atoms with van der Waals surface area (Å²) in [6.07, 6.45) is 1.50. The number of likely N-dealkylation sites (N-methyl/N-ethyl adjacent to an activating group) is 1. The molecule has 0 aromatic carbocycles.